The average molecular weight is 432 g/mol. The van der Waals surface area contributed by atoms with E-state index in [2.05, 4.69) is 0 Å². The third kappa shape index (κ3) is 6.18. The number of Topliss-reactive ketones (excluding diaryl/α,β-unsaturated/α-hetero) is 1. The highest BCUT2D eigenvalue weighted by Gasteiger charge is 2.34. The van der Waals surface area contributed by atoms with Crippen molar-refractivity contribution in [2.45, 2.75) is 57.9 Å². The lowest BCUT2D eigenvalue weighted by atomic mass is 9.93. The van der Waals surface area contributed by atoms with Gasteiger partial charge in [0.25, 0.3) is 0 Å². The number of hydrogen-bond acceptors (Lipinski definition) is 4. The Morgan fingerprint density at radius 1 is 1.17 bits per heavy atom. The molecule has 1 fully saturated rings. The van der Waals surface area contributed by atoms with Gasteiger partial charge in [-0.15, -0.1) is 0 Å². The number of amides is 1. The Hall–Kier alpha value is -2.14. The predicted molar refractivity (Wildman–Crippen MR) is 116 cm³/mol. The number of ketones is 1. The lowest BCUT2D eigenvalue weighted by molar-refractivity contribution is -0.152. The minimum Gasteiger partial charge on any atom is -0.463 e. The summed E-state index contributed by atoms with van der Waals surface area (Å²) in [6.45, 7) is 2.76. The second-order valence-electron chi connectivity index (χ2n) is 8.37. The first kappa shape index (κ1) is 22.5. The zero-order valence-corrected chi connectivity index (χ0v) is 18.3. The van der Waals surface area contributed by atoms with Crippen molar-refractivity contribution in [3.63, 3.8) is 0 Å². The van der Waals surface area contributed by atoms with Crippen molar-refractivity contribution in [2.75, 3.05) is 13.2 Å². The van der Waals surface area contributed by atoms with Crippen LogP contribution in [-0.2, 0) is 25.5 Å². The number of benzene rings is 1. The van der Waals surface area contributed by atoms with E-state index in [0.717, 1.165) is 18.4 Å². The minimum absolute atomic E-state index is 0.00617. The van der Waals surface area contributed by atoms with Crippen LogP contribution in [-0.4, -0.2) is 41.8 Å². The van der Waals surface area contributed by atoms with Gasteiger partial charge >= 0.3 is 5.97 Å². The van der Waals surface area contributed by atoms with Gasteiger partial charge in [0.1, 0.15) is 12.4 Å². The van der Waals surface area contributed by atoms with Gasteiger partial charge in [-0.05, 0) is 49.8 Å². The Morgan fingerprint density at radius 2 is 1.90 bits per heavy atom. The minimum atomic E-state index is -0.356. The fourth-order valence-corrected chi connectivity index (χ4v) is 4.22. The molecule has 1 amide bonds. The van der Waals surface area contributed by atoms with Gasteiger partial charge in [0.05, 0.1) is 12.0 Å². The molecule has 0 aromatic heterocycles. The SMILES string of the molecule is C[C@@H]1CC=CC[C@@H](CC(=O)CCc2ccc(Cl)cc2)C(=O)N2CCC[C@H]2COC1=O. The van der Waals surface area contributed by atoms with E-state index in [9.17, 15) is 14.4 Å². The van der Waals surface area contributed by atoms with Crippen LogP contribution < -0.4 is 0 Å². The highest BCUT2D eigenvalue weighted by atomic mass is 35.5. The molecule has 2 aliphatic heterocycles. The van der Waals surface area contributed by atoms with Crippen LogP contribution in [0.2, 0.25) is 5.02 Å². The third-order valence-electron chi connectivity index (χ3n) is 5.99. The molecule has 0 radical (unpaired) electrons. The molecule has 3 atom stereocenters. The molecule has 6 heteroatoms. The van der Waals surface area contributed by atoms with Gasteiger partial charge in [-0.2, -0.15) is 0 Å². The normalized spacial score (nSPS) is 25.3. The molecule has 5 nitrogen and oxygen atoms in total. The number of halogens is 1. The Bertz CT molecular complexity index is 789. The van der Waals surface area contributed by atoms with Crippen molar-refractivity contribution in [2.24, 2.45) is 11.8 Å². The summed E-state index contributed by atoms with van der Waals surface area (Å²) in [7, 11) is 0. The number of ether oxygens (including phenoxy) is 1. The van der Waals surface area contributed by atoms with Crippen molar-refractivity contribution >= 4 is 29.3 Å². The summed E-state index contributed by atoms with van der Waals surface area (Å²) in [6.07, 6.45) is 8.00. The number of rotatable bonds is 5. The average Bonchev–Trinajstić information content (AvgIpc) is 3.21. The number of esters is 1. The Kier molecular flexibility index (Phi) is 8.08. The highest BCUT2D eigenvalue weighted by Crippen LogP contribution is 2.25. The van der Waals surface area contributed by atoms with E-state index in [4.69, 9.17) is 16.3 Å². The fourth-order valence-electron chi connectivity index (χ4n) is 4.09. The van der Waals surface area contributed by atoms with Gasteiger partial charge in [-0.25, -0.2) is 0 Å². The number of aryl methyl sites for hydroxylation is 1. The molecule has 0 bridgehead atoms. The molecule has 0 aliphatic carbocycles. The maximum atomic E-state index is 13.2. The van der Waals surface area contributed by atoms with Gasteiger partial charge in [0.2, 0.25) is 5.91 Å². The molecular weight excluding hydrogens is 402 g/mol. The first-order valence-electron chi connectivity index (χ1n) is 10.8. The Labute approximate surface area is 183 Å². The van der Waals surface area contributed by atoms with Gasteiger partial charge in [-0.3, -0.25) is 14.4 Å². The zero-order chi connectivity index (χ0) is 21.5. The summed E-state index contributed by atoms with van der Waals surface area (Å²) in [6, 6.07) is 7.42. The number of hydrogen-bond donors (Lipinski definition) is 0. The van der Waals surface area contributed by atoms with Crippen LogP contribution >= 0.6 is 11.6 Å². The number of allylic oxidation sites excluding steroid dienone is 2. The van der Waals surface area contributed by atoms with Crippen molar-refractivity contribution in [3.8, 4) is 0 Å². The molecule has 162 valence electrons. The smallest absolute Gasteiger partial charge is 0.309 e. The number of carbonyl (C=O) groups is 3. The van der Waals surface area contributed by atoms with Crippen LogP contribution in [0.25, 0.3) is 0 Å². The quantitative estimate of drug-likeness (QED) is 0.513. The number of cyclic esters (lactones) is 1. The van der Waals surface area contributed by atoms with E-state index in [1.54, 1.807) is 0 Å². The number of fused-ring (bicyclic) bond motifs is 1. The Balaban J connectivity index is 1.65. The van der Waals surface area contributed by atoms with E-state index < -0.39 is 0 Å². The highest BCUT2D eigenvalue weighted by molar-refractivity contribution is 6.30. The maximum Gasteiger partial charge on any atom is 0.309 e. The van der Waals surface area contributed by atoms with E-state index in [1.807, 2.05) is 48.2 Å². The standard InChI is InChI=1S/C24H30ClNO4/c1-17-5-2-3-6-19(15-22(27)13-10-18-8-11-20(25)12-9-18)23(28)26-14-4-7-21(26)16-30-24(17)29/h2-3,8-9,11-12,17,19,21H,4-7,10,13-16H2,1H3/t17-,19+,21+/m1/s1. The van der Waals surface area contributed by atoms with Crippen LogP contribution in [0.3, 0.4) is 0 Å². The van der Waals surface area contributed by atoms with Crippen molar-refractivity contribution < 1.29 is 19.1 Å². The summed E-state index contributed by atoms with van der Waals surface area (Å²) in [5.74, 6) is -0.671. The first-order valence-corrected chi connectivity index (χ1v) is 11.2. The molecule has 0 spiro atoms. The van der Waals surface area contributed by atoms with E-state index >= 15 is 0 Å². The fraction of sp³-hybridized carbons (Fsp3) is 0.542. The third-order valence-corrected chi connectivity index (χ3v) is 6.24. The van der Waals surface area contributed by atoms with Crippen LogP contribution in [0.4, 0.5) is 0 Å². The molecular formula is C24H30ClNO4. The molecule has 2 heterocycles. The van der Waals surface area contributed by atoms with E-state index in [0.29, 0.717) is 37.3 Å². The molecule has 0 unspecified atom stereocenters. The van der Waals surface area contributed by atoms with Crippen LogP contribution in [0.1, 0.15) is 51.0 Å². The summed E-state index contributed by atoms with van der Waals surface area (Å²) in [4.78, 5) is 39.8. The summed E-state index contributed by atoms with van der Waals surface area (Å²) >= 11 is 5.91. The van der Waals surface area contributed by atoms with Crippen molar-refractivity contribution in [1.82, 2.24) is 4.90 Å². The predicted octanol–water partition coefficient (Wildman–Crippen LogP) is 4.37. The number of nitrogens with zero attached hydrogens (tertiary/aromatic N) is 1. The molecule has 3 rings (SSSR count). The Morgan fingerprint density at radius 3 is 2.67 bits per heavy atom. The summed E-state index contributed by atoms with van der Waals surface area (Å²) in [5, 5.41) is 0.677. The van der Waals surface area contributed by atoms with Gasteiger partial charge in [0, 0.05) is 30.3 Å². The van der Waals surface area contributed by atoms with Crippen LogP contribution in [0.15, 0.2) is 36.4 Å². The second kappa shape index (κ2) is 10.8. The molecule has 30 heavy (non-hydrogen) atoms. The molecule has 2 aliphatic rings. The molecule has 1 saturated heterocycles. The molecule has 1 aromatic carbocycles. The largest absolute Gasteiger partial charge is 0.463 e. The molecule has 0 N–H and O–H groups in total. The summed E-state index contributed by atoms with van der Waals surface area (Å²) < 4.78 is 5.46. The second-order valence-corrected chi connectivity index (χ2v) is 8.80. The van der Waals surface area contributed by atoms with Gasteiger partial charge in [0.15, 0.2) is 0 Å². The summed E-state index contributed by atoms with van der Waals surface area (Å²) in [5.41, 5.74) is 1.06. The number of carbonyl (C=O) groups excluding carboxylic acids is 3. The van der Waals surface area contributed by atoms with E-state index in [1.165, 1.54) is 0 Å². The monoisotopic (exact) mass is 431 g/mol. The van der Waals surface area contributed by atoms with E-state index in [-0.39, 0.29) is 48.6 Å². The maximum absolute atomic E-state index is 13.2. The lowest BCUT2D eigenvalue weighted by Gasteiger charge is -2.29. The van der Waals surface area contributed by atoms with Crippen LogP contribution in [0, 0.1) is 11.8 Å². The lowest BCUT2D eigenvalue weighted by Crippen LogP contribution is -2.43. The first-order chi connectivity index (χ1) is 14.4. The zero-order valence-electron chi connectivity index (χ0n) is 17.5. The van der Waals surface area contributed by atoms with Gasteiger partial charge in [-0.1, -0.05) is 42.8 Å². The van der Waals surface area contributed by atoms with Gasteiger partial charge < -0.3 is 9.64 Å². The topological polar surface area (TPSA) is 63.7 Å². The van der Waals surface area contributed by atoms with Crippen molar-refractivity contribution in [3.05, 3.63) is 47.0 Å². The molecule has 0 saturated carbocycles. The molecule has 1 aromatic rings. The van der Waals surface area contributed by atoms with Crippen LogP contribution in [0.5, 0.6) is 0 Å². The van der Waals surface area contributed by atoms with Crippen molar-refractivity contribution in [1.29, 1.82) is 0 Å².